The maximum atomic E-state index is 11.8. The lowest BCUT2D eigenvalue weighted by Crippen LogP contribution is -2.37. The van der Waals surface area contributed by atoms with Crippen LogP contribution in [0.3, 0.4) is 0 Å². The predicted octanol–water partition coefficient (Wildman–Crippen LogP) is 12.1. The number of hydrogen-bond donors (Lipinski definition) is 1. The molecular formula is C35H72N2O. The second-order valence-corrected chi connectivity index (χ2v) is 12.2. The van der Waals surface area contributed by atoms with Crippen LogP contribution >= 0.6 is 0 Å². The monoisotopic (exact) mass is 537 g/mol. The molecule has 0 aliphatic carbocycles. The number of nitrogens with zero attached hydrogens (tertiary/aromatic N) is 1. The van der Waals surface area contributed by atoms with E-state index in [1.807, 2.05) is 4.90 Å². The molecule has 0 aromatic carbocycles. The molecule has 0 aliphatic heterocycles. The SMILES string of the molecule is CCCCCCCCCCCCCCCCCN(CCCCCCCCCCCCCCCCC)C(N)=O. The lowest BCUT2D eigenvalue weighted by molar-refractivity contribution is 0.204. The van der Waals surface area contributed by atoms with Crippen molar-refractivity contribution in [1.82, 2.24) is 4.90 Å². The first-order valence-electron chi connectivity index (χ1n) is 17.8. The van der Waals surface area contributed by atoms with Gasteiger partial charge in [-0.1, -0.05) is 194 Å². The number of hydrogen-bond acceptors (Lipinski definition) is 1. The molecule has 228 valence electrons. The fraction of sp³-hybridized carbons (Fsp3) is 0.971. The molecule has 0 aliphatic rings. The van der Waals surface area contributed by atoms with Gasteiger partial charge in [0.1, 0.15) is 0 Å². The van der Waals surface area contributed by atoms with Crippen LogP contribution in [0.1, 0.15) is 206 Å². The molecule has 0 heterocycles. The van der Waals surface area contributed by atoms with Gasteiger partial charge in [0.05, 0.1) is 0 Å². The number of nitrogens with two attached hydrogens (primary N) is 1. The predicted molar refractivity (Wildman–Crippen MR) is 171 cm³/mol. The van der Waals surface area contributed by atoms with Gasteiger partial charge < -0.3 is 10.6 Å². The van der Waals surface area contributed by atoms with E-state index in [1.54, 1.807) is 0 Å². The minimum atomic E-state index is -0.222. The Kier molecular flexibility index (Phi) is 31.9. The van der Waals surface area contributed by atoms with Gasteiger partial charge in [-0.3, -0.25) is 0 Å². The number of primary amides is 1. The quantitative estimate of drug-likeness (QED) is 0.0853. The van der Waals surface area contributed by atoms with E-state index in [1.165, 1.54) is 180 Å². The van der Waals surface area contributed by atoms with Gasteiger partial charge in [0, 0.05) is 13.1 Å². The third-order valence-electron chi connectivity index (χ3n) is 8.37. The topological polar surface area (TPSA) is 46.3 Å². The second kappa shape index (κ2) is 32.5. The van der Waals surface area contributed by atoms with E-state index in [4.69, 9.17) is 5.73 Å². The van der Waals surface area contributed by atoms with Crippen molar-refractivity contribution in [3.05, 3.63) is 0 Å². The smallest absolute Gasteiger partial charge is 0.314 e. The highest BCUT2D eigenvalue weighted by molar-refractivity contribution is 5.71. The summed E-state index contributed by atoms with van der Waals surface area (Å²) in [5.74, 6) is 0. The Morgan fingerprint density at radius 1 is 0.368 bits per heavy atom. The average Bonchev–Trinajstić information content (AvgIpc) is 2.91. The number of unbranched alkanes of at least 4 members (excludes halogenated alkanes) is 28. The fourth-order valence-corrected chi connectivity index (χ4v) is 5.68. The number of rotatable bonds is 32. The van der Waals surface area contributed by atoms with Gasteiger partial charge >= 0.3 is 6.03 Å². The van der Waals surface area contributed by atoms with Crippen LogP contribution in [0, 0.1) is 0 Å². The van der Waals surface area contributed by atoms with Gasteiger partial charge in [0.25, 0.3) is 0 Å². The first-order valence-corrected chi connectivity index (χ1v) is 17.8. The summed E-state index contributed by atoms with van der Waals surface area (Å²) in [6, 6.07) is -0.222. The summed E-state index contributed by atoms with van der Waals surface area (Å²) in [6.45, 7) is 6.29. The van der Waals surface area contributed by atoms with Crippen LogP contribution in [0.4, 0.5) is 4.79 Å². The van der Waals surface area contributed by atoms with Crippen LogP contribution in [0.2, 0.25) is 0 Å². The van der Waals surface area contributed by atoms with E-state index >= 15 is 0 Å². The minimum absolute atomic E-state index is 0.222. The summed E-state index contributed by atoms with van der Waals surface area (Å²) in [6.07, 6.45) is 41.3. The van der Waals surface area contributed by atoms with Crippen molar-refractivity contribution in [2.75, 3.05) is 13.1 Å². The Morgan fingerprint density at radius 2 is 0.553 bits per heavy atom. The lowest BCUT2D eigenvalue weighted by Gasteiger charge is -2.20. The van der Waals surface area contributed by atoms with Crippen molar-refractivity contribution in [2.24, 2.45) is 5.73 Å². The first kappa shape index (κ1) is 37.3. The Hall–Kier alpha value is -0.730. The van der Waals surface area contributed by atoms with Gasteiger partial charge in [-0.15, -0.1) is 0 Å². The maximum Gasteiger partial charge on any atom is 0.314 e. The van der Waals surface area contributed by atoms with E-state index in [2.05, 4.69) is 13.8 Å². The van der Waals surface area contributed by atoms with Crippen molar-refractivity contribution in [3.8, 4) is 0 Å². The summed E-state index contributed by atoms with van der Waals surface area (Å²) in [5, 5.41) is 0. The normalized spacial score (nSPS) is 11.3. The van der Waals surface area contributed by atoms with Crippen molar-refractivity contribution in [3.63, 3.8) is 0 Å². The number of urea groups is 1. The van der Waals surface area contributed by atoms with Crippen LogP contribution in [0.25, 0.3) is 0 Å². The molecule has 0 spiro atoms. The standard InChI is InChI=1S/C35H72N2O/c1-3-5-7-9-11-13-15-17-19-21-23-25-27-29-31-33-37(35(36)38)34-32-30-28-26-24-22-20-18-16-14-12-10-8-6-4-2/h3-34H2,1-2H3,(H2,36,38). The summed E-state index contributed by atoms with van der Waals surface area (Å²) < 4.78 is 0. The van der Waals surface area contributed by atoms with Gasteiger partial charge in [0.2, 0.25) is 0 Å². The van der Waals surface area contributed by atoms with E-state index in [9.17, 15) is 4.79 Å². The molecule has 3 heteroatoms. The largest absolute Gasteiger partial charge is 0.351 e. The Morgan fingerprint density at radius 3 is 0.737 bits per heavy atom. The molecular weight excluding hydrogens is 464 g/mol. The molecule has 0 radical (unpaired) electrons. The molecule has 2 N–H and O–H groups in total. The summed E-state index contributed by atoms with van der Waals surface area (Å²) in [7, 11) is 0. The molecule has 0 saturated carbocycles. The molecule has 0 saturated heterocycles. The number of amides is 2. The van der Waals surface area contributed by atoms with Crippen molar-refractivity contribution in [2.45, 2.75) is 206 Å². The van der Waals surface area contributed by atoms with Gasteiger partial charge in [-0.05, 0) is 12.8 Å². The molecule has 0 unspecified atom stereocenters. The molecule has 38 heavy (non-hydrogen) atoms. The third-order valence-corrected chi connectivity index (χ3v) is 8.37. The summed E-state index contributed by atoms with van der Waals surface area (Å²) >= 11 is 0. The van der Waals surface area contributed by atoms with Gasteiger partial charge in [-0.2, -0.15) is 0 Å². The highest BCUT2D eigenvalue weighted by atomic mass is 16.2. The van der Waals surface area contributed by atoms with Crippen LogP contribution in [-0.2, 0) is 0 Å². The molecule has 0 atom stereocenters. The number of carbonyl (C=O) groups is 1. The van der Waals surface area contributed by atoms with Crippen LogP contribution in [0.15, 0.2) is 0 Å². The average molecular weight is 537 g/mol. The third kappa shape index (κ3) is 29.8. The van der Waals surface area contributed by atoms with Crippen LogP contribution < -0.4 is 5.73 Å². The second-order valence-electron chi connectivity index (χ2n) is 12.2. The van der Waals surface area contributed by atoms with Crippen LogP contribution in [0.5, 0.6) is 0 Å². The van der Waals surface area contributed by atoms with E-state index in [0.717, 1.165) is 25.9 Å². The highest BCUT2D eigenvalue weighted by Gasteiger charge is 2.08. The molecule has 0 bridgehead atoms. The fourth-order valence-electron chi connectivity index (χ4n) is 5.68. The minimum Gasteiger partial charge on any atom is -0.351 e. The maximum absolute atomic E-state index is 11.8. The van der Waals surface area contributed by atoms with Crippen molar-refractivity contribution < 1.29 is 4.79 Å². The van der Waals surface area contributed by atoms with E-state index in [-0.39, 0.29) is 6.03 Å². The Balaban J connectivity index is 3.38. The van der Waals surface area contributed by atoms with Crippen molar-refractivity contribution in [1.29, 1.82) is 0 Å². The zero-order chi connectivity index (χ0) is 27.8. The Labute approximate surface area is 240 Å². The van der Waals surface area contributed by atoms with Crippen LogP contribution in [-0.4, -0.2) is 24.0 Å². The van der Waals surface area contributed by atoms with Gasteiger partial charge in [-0.25, -0.2) is 4.79 Å². The molecule has 0 rings (SSSR count). The molecule has 0 aromatic rings. The molecule has 3 nitrogen and oxygen atoms in total. The summed E-state index contributed by atoms with van der Waals surface area (Å²) in [4.78, 5) is 13.7. The summed E-state index contributed by atoms with van der Waals surface area (Å²) in [5.41, 5.74) is 5.64. The molecule has 0 fully saturated rings. The number of carbonyl (C=O) groups excluding carboxylic acids is 1. The Bertz CT molecular complexity index is 419. The lowest BCUT2D eigenvalue weighted by atomic mass is 10.0. The zero-order valence-electron chi connectivity index (χ0n) is 26.6. The first-order chi connectivity index (χ1) is 18.7. The van der Waals surface area contributed by atoms with E-state index < -0.39 is 0 Å². The highest BCUT2D eigenvalue weighted by Crippen LogP contribution is 2.15. The van der Waals surface area contributed by atoms with Crippen molar-refractivity contribution >= 4 is 6.03 Å². The molecule has 2 amide bonds. The zero-order valence-corrected chi connectivity index (χ0v) is 26.6. The van der Waals surface area contributed by atoms with E-state index in [0.29, 0.717) is 0 Å². The molecule has 0 aromatic heterocycles. The van der Waals surface area contributed by atoms with Gasteiger partial charge in [0.15, 0.2) is 0 Å².